The highest BCUT2D eigenvalue weighted by molar-refractivity contribution is 5.93. The summed E-state index contributed by atoms with van der Waals surface area (Å²) in [4.78, 5) is 16.2. The lowest BCUT2D eigenvalue weighted by Crippen LogP contribution is -2.26. The van der Waals surface area contributed by atoms with Gasteiger partial charge in [-0.15, -0.1) is 0 Å². The van der Waals surface area contributed by atoms with Crippen LogP contribution in [0.4, 0.5) is 5.69 Å². The van der Waals surface area contributed by atoms with Crippen LogP contribution in [-0.4, -0.2) is 23.5 Å². The highest BCUT2D eigenvalue weighted by Gasteiger charge is 2.07. The van der Waals surface area contributed by atoms with Gasteiger partial charge in [-0.2, -0.15) is 0 Å². The van der Waals surface area contributed by atoms with E-state index >= 15 is 0 Å². The lowest BCUT2D eigenvalue weighted by molar-refractivity contribution is 0.0949. The van der Waals surface area contributed by atoms with Crippen LogP contribution < -0.4 is 10.6 Å². The molecule has 0 aliphatic heterocycles. The van der Waals surface area contributed by atoms with Crippen molar-refractivity contribution in [1.29, 1.82) is 0 Å². The molecule has 0 unspecified atom stereocenters. The van der Waals surface area contributed by atoms with Crippen LogP contribution in [0.2, 0.25) is 0 Å². The van der Waals surface area contributed by atoms with Crippen LogP contribution in [0.15, 0.2) is 48.7 Å². The van der Waals surface area contributed by atoms with Crippen molar-refractivity contribution < 1.29 is 4.79 Å². The minimum absolute atomic E-state index is 0.140. The largest absolute Gasteiger partial charge is 0.383 e. The van der Waals surface area contributed by atoms with Gasteiger partial charge in [0.1, 0.15) is 5.69 Å². The first kappa shape index (κ1) is 15.0. The van der Waals surface area contributed by atoms with Crippen molar-refractivity contribution in [2.24, 2.45) is 0 Å². The first-order chi connectivity index (χ1) is 10.1. The van der Waals surface area contributed by atoms with Gasteiger partial charge in [-0.3, -0.25) is 9.78 Å². The summed E-state index contributed by atoms with van der Waals surface area (Å²) in [6.45, 7) is 4.71. The second-order valence-electron chi connectivity index (χ2n) is 5.22. The molecule has 110 valence electrons. The van der Waals surface area contributed by atoms with E-state index < -0.39 is 0 Å². The maximum Gasteiger partial charge on any atom is 0.269 e. The molecule has 0 bridgehead atoms. The molecule has 1 heterocycles. The lowest BCUT2D eigenvalue weighted by atomic mass is 10.1. The second-order valence-corrected chi connectivity index (χ2v) is 5.22. The number of nitrogens with one attached hydrogen (secondary N) is 2. The molecule has 2 rings (SSSR count). The Morgan fingerprint density at radius 3 is 2.67 bits per heavy atom. The Kier molecular flexibility index (Phi) is 5.32. The number of anilines is 1. The highest BCUT2D eigenvalue weighted by Crippen LogP contribution is 2.09. The number of carbonyl (C=O) groups excluding carboxylic acids is 1. The topological polar surface area (TPSA) is 54.0 Å². The average Bonchev–Trinajstić information content (AvgIpc) is 2.48. The summed E-state index contributed by atoms with van der Waals surface area (Å²) in [5.74, 6) is -0.140. The Bertz CT molecular complexity index is 582. The Morgan fingerprint density at radius 2 is 1.95 bits per heavy atom. The average molecular weight is 283 g/mol. The molecule has 0 spiro atoms. The minimum atomic E-state index is -0.140. The molecule has 0 saturated carbocycles. The maximum absolute atomic E-state index is 12.1. The van der Waals surface area contributed by atoms with Crippen molar-refractivity contribution in [3.63, 3.8) is 0 Å². The van der Waals surface area contributed by atoms with Gasteiger partial charge in [0.25, 0.3) is 5.91 Å². The summed E-state index contributed by atoms with van der Waals surface area (Å²) in [6.07, 6.45) is 2.47. The SMILES string of the molecule is CC(C)Nc1ccnc(C(=O)NCCc2ccccc2)c1. The lowest BCUT2D eigenvalue weighted by Gasteiger charge is -2.11. The van der Waals surface area contributed by atoms with Gasteiger partial charge in [-0.05, 0) is 38.0 Å². The fourth-order valence-corrected chi connectivity index (χ4v) is 2.03. The molecule has 1 amide bonds. The van der Waals surface area contributed by atoms with E-state index in [0.717, 1.165) is 12.1 Å². The predicted octanol–water partition coefficient (Wildman–Crippen LogP) is 2.87. The minimum Gasteiger partial charge on any atom is -0.383 e. The molecular weight excluding hydrogens is 262 g/mol. The van der Waals surface area contributed by atoms with Crippen LogP contribution in [0.25, 0.3) is 0 Å². The van der Waals surface area contributed by atoms with E-state index in [1.165, 1.54) is 5.56 Å². The molecule has 21 heavy (non-hydrogen) atoms. The second kappa shape index (κ2) is 7.43. The fraction of sp³-hybridized carbons (Fsp3) is 0.294. The highest BCUT2D eigenvalue weighted by atomic mass is 16.1. The van der Waals surface area contributed by atoms with Crippen LogP contribution in [0.1, 0.15) is 29.9 Å². The van der Waals surface area contributed by atoms with E-state index in [1.807, 2.05) is 24.3 Å². The normalized spacial score (nSPS) is 10.4. The Labute approximate surface area is 125 Å². The van der Waals surface area contributed by atoms with Crippen molar-refractivity contribution in [2.45, 2.75) is 26.3 Å². The third kappa shape index (κ3) is 4.91. The molecule has 0 atom stereocenters. The number of aromatic nitrogens is 1. The van der Waals surface area contributed by atoms with E-state index in [2.05, 4.69) is 41.6 Å². The van der Waals surface area contributed by atoms with Crippen LogP contribution in [0.5, 0.6) is 0 Å². The molecule has 2 N–H and O–H groups in total. The third-order valence-electron chi connectivity index (χ3n) is 2.99. The van der Waals surface area contributed by atoms with Gasteiger partial charge in [0.15, 0.2) is 0 Å². The van der Waals surface area contributed by atoms with Crippen molar-refractivity contribution >= 4 is 11.6 Å². The predicted molar refractivity (Wildman–Crippen MR) is 85.5 cm³/mol. The van der Waals surface area contributed by atoms with E-state index in [9.17, 15) is 4.79 Å². The molecule has 1 aromatic heterocycles. The number of rotatable bonds is 6. The summed E-state index contributed by atoms with van der Waals surface area (Å²) in [6, 6.07) is 14.0. The molecule has 1 aromatic carbocycles. The van der Waals surface area contributed by atoms with E-state index in [0.29, 0.717) is 18.3 Å². The van der Waals surface area contributed by atoms with Crippen molar-refractivity contribution in [1.82, 2.24) is 10.3 Å². The van der Waals surface area contributed by atoms with Gasteiger partial charge in [-0.25, -0.2) is 0 Å². The van der Waals surface area contributed by atoms with Gasteiger partial charge in [0, 0.05) is 24.5 Å². The van der Waals surface area contributed by atoms with E-state index in [4.69, 9.17) is 0 Å². The standard InChI is InChI=1S/C17H21N3O/c1-13(2)20-15-9-11-18-16(12-15)17(21)19-10-8-14-6-4-3-5-7-14/h3-7,9,11-13H,8,10H2,1-2H3,(H,18,20)(H,19,21). The van der Waals surface area contributed by atoms with Gasteiger partial charge in [0.05, 0.1) is 0 Å². The summed E-state index contributed by atoms with van der Waals surface area (Å²) in [5.41, 5.74) is 2.56. The third-order valence-corrected chi connectivity index (χ3v) is 2.99. The zero-order chi connectivity index (χ0) is 15.1. The van der Waals surface area contributed by atoms with Crippen LogP contribution in [0.3, 0.4) is 0 Å². The molecule has 0 radical (unpaired) electrons. The number of nitrogens with zero attached hydrogens (tertiary/aromatic N) is 1. The van der Waals surface area contributed by atoms with Gasteiger partial charge in [-0.1, -0.05) is 30.3 Å². The number of benzene rings is 1. The summed E-state index contributed by atoms with van der Waals surface area (Å²) in [5, 5.41) is 6.16. The molecule has 4 nitrogen and oxygen atoms in total. The zero-order valence-electron chi connectivity index (χ0n) is 12.5. The summed E-state index contributed by atoms with van der Waals surface area (Å²) in [7, 11) is 0. The van der Waals surface area contributed by atoms with Crippen molar-refractivity contribution in [3.8, 4) is 0 Å². The Balaban J connectivity index is 1.88. The molecule has 4 heteroatoms. The van der Waals surface area contributed by atoms with E-state index in [-0.39, 0.29) is 5.91 Å². The molecular formula is C17H21N3O. The Morgan fingerprint density at radius 1 is 1.19 bits per heavy atom. The quantitative estimate of drug-likeness (QED) is 0.857. The first-order valence-corrected chi connectivity index (χ1v) is 7.20. The molecule has 0 aliphatic carbocycles. The van der Waals surface area contributed by atoms with Crippen molar-refractivity contribution in [2.75, 3.05) is 11.9 Å². The molecule has 0 saturated heterocycles. The smallest absolute Gasteiger partial charge is 0.269 e. The van der Waals surface area contributed by atoms with Gasteiger partial charge >= 0.3 is 0 Å². The first-order valence-electron chi connectivity index (χ1n) is 7.20. The van der Waals surface area contributed by atoms with Crippen molar-refractivity contribution in [3.05, 3.63) is 59.9 Å². The molecule has 0 fully saturated rings. The fourth-order valence-electron chi connectivity index (χ4n) is 2.03. The number of amides is 1. The molecule has 0 aliphatic rings. The number of pyridine rings is 1. The number of hydrogen-bond donors (Lipinski definition) is 2. The molecule has 2 aromatic rings. The summed E-state index contributed by atoms with van der Waals surface area (Å²) < 4.78 is 0. The number of hydrogen-bond acceptors (Lipinski definition) is 3. The van der Waals surface area contributed by atoms with Crippen LogP contribution >= 0.6 is 0 Å². The van der Waals surface area contributed by atoms with Gasteiger partial charge < -0.3 is 10.6 Å². The van der Waals surface area contributed by atoms with E-state index in [1.54, 1.807) is 12.3 Å². The summed E-state index contributed by atoms with van der Waals surface area (Å²) >= 11 is 0. The maximum atomic E-state index is 12.1. The Hall–Kier alpha value is -2.36. The monoisotopic (exact) mass is 283 g/mol. The van der Waals surface area contributed by atoms with Gasteiger partial charge in [0.2, 0.25) is 0 Å². The zero-order valence-corrected chi connectivity index (χ0v) is 12.5. The number of carbonyl (C=O) groups is 1. The van der Waals surface area contributed by atoms with Crippen LogP contribution in [0, 0.1) is 0 Å². The van der Waals surface area contributed by atoms with Crippen LogP contribution in [-0.2, 0) is 6.42 Å².